The predicted octanol–water partition coefficient (Wildman–Crippen LogP) is 9.12. The molecule has 0 aliphatic heterocycles. The summed E-state index contributed by atoms with van der Waals surface area (Å²) in [5.41, 5.74) is 4.21. The Morgan fingerprint density at radius 3 is 2.35 bits per heavy atom. The van der Waals surface area contributed by atoms with Crippen LogP contribution < -0.4 is 20.7 Å². The van der Waals surface area contributed by atoms with E-state index in [0.29, 0.717) is 45.5 Å². The fourth-order valence-electron chi connectivity index (χ4n) is 6.51. The molecule has 1 aliphatic rings. The lowest BCUT2D eigenvalue weighted by molar-refractivity contribution is -0.116. The smallest absolute Gasteiger partial charge is 0.341 e. The Bertz CT molecular complexity index is 2180. The zero-order valence-corrected chi connectivity index (χ0v) is 32.6. The van der Waals surface area contributed by atoms with Crippen LogP contribution in [0.1, 0.15) is 74.9 Å². The third-order valence-electron chi connectivity index (χ3n) is 9.25. The number of esters is 1. The molecule has 0 radical (unpaired) electrons. The van der Waals surface area contributed by atoms with E-state index in [0.717, 1.165) is 34.6 Å². The molecule has 0 bridgehead atoms. The number of benzene rings is 4. The molecular weight excluding hydrogens is 731 g/mol. The van der Waals surface area contributed by atoms with Gasteiger partial charge in [-0.3, -0.25) is 14.4 Å². The normalized spacial score (nSPS) is 14.2. The number of anilines is 2. The zero-order valence-electron chi connectivity index (χ0n) is 30.9. The van der Waals surface area contributed by atoms with E-state index in [-0.39, 0.29) is 18.2 Å². The van der Waals surface area contributed by atoms with Crippen LogP contribution in [-0.4, -0.2) is 42.7 Å². The quantitative estimate of drug-likeness (QED) is 0.0585. The van der Waals surface area contributed by atoms with Gasteiger partial charge in [0, 0.05) is 26.6 Å². The molecule has 2 atom stereocenters. The van der Waals surface area contributed by atoms with Gasteiger partial charge in [-0.15, -0.1) is 23.1 Å². The maximum absolute atomic E-state index is 13.9. The summed E-state index contributed by atoms with van der Waals surface area (Å²) in [6.07, 6.45) is 4.51. The van der Waals surface area contributed by atoms with E-state index in [2.05, 4.69) is 28.1 Å². The number of amides is 3. The highest BCUT2D eigenvalue weighted by atomic mass is 32.2. The summed E-state index contributed by atoms with van der Waals surface area (Å²) in [6.45, 7) is 3.95. The number of carbonyl (C=O) groups is 4. The molecule has 3 amide bonds. The van der Waals surface area contributed by atoms with Crippen molar-refractivity contribution in [2.45, 2.75) is 55.6 Å². The molecule has 1 heterocycles. The van der Waals surface area contributed by atoms with Crippen LogP contribution in [0.3, 0.4) is 0 Å². The number of rotatable bonds is 14. The number of hydrogen-bond acceptors (Lipinski definition) is 8. The van der Waals surface area contributed by atoms with Crippen LogP contribution >= 0.6 is 23.1 Å². The van der Waals surface area contributed by atoms with Gasteiger partial charge in [-0.1, -0.05) is 79.7 Å². The van der Waals surface area contributed by atoms with E-state index in [1.165, 1.54) is 35.8 Å². The van der Waals surface area contributed by atoms with Gasteiger partial charge in [-0.05, 0) is 92.1 Å². The summed E-state index contributed by atoms with van der Waals surface area (Å²) < 4.78 is 10.9. The Morgan fingerprint density at radius 1 is 0.891 bits per heavy atom. The minimum absolute atomic E-state index is 0.0216. The largest absolute Gasteiger partial charge is 0.496 e. The van der Waals surface area contributed by atoms with Crippen molar-refractivity contribution in [2.24, 2.45) is 0 Å². The van der Waals surface area contributed by atoms with Crippen molar-refractivity contribution in [1.82, 2.24) is 5.32 Å². The van der Waals surface area contributed by atoms with Gasteiger partial charge in [0.25, 0.3) is 11.8 Å². The lowest BCUT2D eigenvalue weighted by atomic mass is 9.83. The molecule has 0 saturated heterocycles. The highest BCUT2D eigenvalue weighted by molar-refractivity contribution is 8.00. The van der Waals surface area contributed by atoms with Gasteiger partial charge in [-0.2, -0.15) is 0 Å². The van der Waals surface area contributed by atoms with Gasteiger partial charge in [0.1, 0.15) is 16.4 Å². The van der Waals surface area contributed by atoms with E-state index in [1.807, 2.05) is 49.4 Å². The van der Waals surface area contributed by atoms with Crippen molar-refractivity contribution in [3.05, 3.63) is 148 Å². The third kappa shape index (κ3) is 9.72. The fraction of sp³-hybridized carbons (Fsp3) is 0.227. The van der Waals surface area contributed by atoms with Crippen molar-refractivity contribution in [2.75, 3.05) is 24.4 Å². The second-order valence-corrected chi connectivity index (χ2v) is 15.3. The molecule has 0 spiro atoms. The van der Waals surface area contributed by atoms with E-state index in [1.54, 1.807) is 67.6 Å². The van der Waals surface area contributed by atoms with Gasteiger partial charge in [0.2, 0.25) is 5.91 Å². The average Bonchev–Trinajstić information content (AvgIpc) is 3.57. The molecular formula is C44H43N3O6S2. The Kier molecular flexibility index (Phi) is 13.2. The summed E-state index contributed by atoms with van der Waals surface area (Å²) in [6, 6.07) is 33.4. The summed E-state index contributed by atoms with van der Waals surface area (Å²) in [5.74, 6) is -0.743. The van der Waals surface area contributed by atoms with Crippen LogP contribution in [0.25, 0.3) is 6.08 Å². The molecule has 11 heteroatoms. The molecule has 282 valence electrons. The number of methoxy groups -OCH3 is 1. The van der Waals surface area contributed by atoms with Crippen molar-refractivity contribution < 1.29 is 28.7 Å². The van der Waals surface area contributed by atoms with Crippen molar-refractivity contribution in [3.63, 3.8) is 0 Å². The third-order valence-corrected chi connectivity index (χ3v) is 11.8. The summed E-state index contributed by atoms with van der Waals surface area (Å²) in [7, 11) is 1.54. The van der Waals surface area contributed by atoms with Crippen LogP contribution in [0.4, 0.5) is 10.7 Å². The molecule has 0 saturated carbocycles. The van der Waals surface area contributed by atoms with Gasteiger partial charge in [0.15, 0.2) is 0 Å². The number of ether oxygens (including phenoxy) is 2. The lowest BCUT2D eigenvalue weighted by Crippen LogP contribution is -2.30. The first-order valence-corrected chi connectivity index (χ1v) is 19.9. The monoisotopic (exact) mass is 773 g/mol. The van der Waals surface area contributed by atoms with E-state index >= 15 is 0 Å². The minimum Gasteiger partial charge on any atom is -0.496 e. The topological polar surface area (TPSA) is 123 Å². The SMILES string of the molecule is CCOC(=O)c1c(NC(=O)C(CC)Sc2cccc(NC(=O)/C(=C\c3ccccc3OC)NC(=O)c3ccccc3)c2)sc2c1CCC(c1ccccc1)C2. The molecule has 6 rings (SSSR count). The fourth-order valence-corrected chi connectivity index (χ4v) is 8.84. The maximum Gasteiger partial charge on any atom is 0.341 e. The number of fused-ring (bicyclic) bond motifs is 1. The van der Waals surface area contributed by atoms with Crippen LogP contribution in [-0.2, 0) is 27.2 Å². The Balaban J connectivity index is 1.18. The summed E-state index contributed by atoms with van der Waals surface area (Å²) in [5, 5.41) is 8.78. The van der Waals surface area contributed by atoms with Crippen molar-refractivity contribution in [3.8, 4) is 5.75 Å². The zero-order chi connectivity index (χ0) is 38.7. The van der Waals surface area contributed by atoms with Crippen LogP contribution in [0, 0.1) is 0 Å². The van der Waals surface area contributed by atoms with E-state index in [4.69, 9.17) is 9.47 Å². The standard InChI is InChI=1S/C44H43N3O6S2/c1-4-37(42(50)47-43-39(44(51)53-5-2)34-24-23-30(26-38(34)55-43)28-15-8-6-9-16-28)54-33-21-14-20-32(27-33)45-41(49)35(25-31-19-12-13-22-36(31)52-3)46-40(48)29-17-10-7-11-18-29/h6-22,25,27,30,37H,4-5,23-24,26H2,1-3H3,(H,45,49)(H,46,48)(H,47,50)/b35-25+. The molecule has 4 aromatic carbocycles. The molecule has 55 heavy (non-hydrogen) atoms. The predicted molar refractivity (Wildman–Crippen MR) is 220 cm³/mol. The summed E-state index contributed by atoms with van der Waals surface area (Å²) in [4.78, 5) is 55.9. The van der Waals surface area contributed by atoms with Gasteiger partial charge < -0.3 is 25.4 Å². The van der Waals surface area contributed by atoms with Gasteiger partial charge in [0.05, 0.1) is 24.5 Å². The van der Waals surface area contributed by atoms with Crippen molar-refractivity contribution in [1.29, 1.82) is 0 Å². The summed E-state index contributed by atoms with van der Waals surface area (Å²) >= 11 is 2.82. The molecule has 0 fully saturated rings. The molecule has 9 nitrogen and oxygen atoms in total. The first-order chi connectivity index (χ1) is 26.8. The highest BCUT2D eigenvalue weighted by Crippen LogP contribution is 2.43. The van der Waals surface area contributed by atoms with Crippen LogP contribution in [0.5, 0.6) is 5.75 Å². The number of nitrogens with one attached hydrogen (secondary N) is 3. The second kappa shape index (κ2) is 18.6. The van der Waals surface area contributed by atoms with Gasteiger partial charge in [-0.25, -0.2) is 4.79 Å². The van der Waals surface area contributed by atoms with Gasteiger partial charge >= 0.3 is 5.97 Å². The number of para-hydroxylation sites is 1. The Hall–Kier alpha value is -5.65. The molecule has 1 aromatic heterocycles. The first-order valence-electron chi connectivity index (χ1n) is 18.2. The Morgan fingerprint density at radius 2 is 1.62 bits per heavy atom. The molecule has 1 aliphatic carbocycles. The number of carbonyl (C=O) groups excluding carboxylic acids is 4. The minimum atomic E-state index is -0.537. The lowest BCUT2D eigenvalue weighted by Gasteiger charge is -2.23. The van der Waals surface area contributed by atoms with Crippen LogP contribution in [0.2, 0.25) is 0 Å². The maximum atomic E-state index is 13.9. The number of thioether (sulfide) groups is 1. The highest BCUT2D eigenvalue weighted by Gasteiger charge is 2.32. The van der Waals surface area contributed by atoms with E-state index in [9.17, 15) is 19.2 Å². The Labute approximate surface area is 329 Å². The molecule has 2 unspecified atom stereocenters. The molecule has 3 N–H and O–H groups in total. The second-order valence-electron chi connectivity index (χ2n) is 12.9. The first kappa shape index (κ1) is 39.1. The van der Waals surface area contributed by atoms with Crippen LogP contribution in [0.15, 0.2) is 120 Å². The van der Waals surface area contributed by atoms with Crippen molar-refractivity contribution >= 4 is 63.6 Å². The number of hydrogen-bond donors (Lipinski definition) is 3. The average molecular weight is 774 g/mol. The number of thiophene rings is 1. The van der Waals surface area contributed by atoms with E-state index < -0.39 is 23.0 Å². The molecule has 5 aromatic rings.